The van der Waals surface area contributed by atoms with Crippen molar-refractivity contribution in [3.63, 3.8) is 0 Å². The number of primary amides is 1. The lowest BCUT2D eigenvalue weighted by Crippen LogP contribution is -2.36. The maximum absolute atomic E-state index is 13.2. The molecule has 0 radical (unpaired) electrons. The first-order valence-electron chi connectivity index (χ1n) is 9.25. The zero-order chi connectivity index (χ0) is 21.0. The number of aromatic nitrogens is 2. The fourth-order valence-electron chi connectivity index (χ4n) is 2.93. The van der Waals surface area contributed by atoms with Crippen LogP contribution in [0.15, 0.2) is 58.5 Å². The Morgan fingerprint density at radius 2 is 1.86 bits per heavy atom. The molecule has 1 atom stereocenters. The number of rotatable bonds is 6. The van der Waals surface area contributed by atoms with E-state index in [0.717, 1.165) is 18.2 Å². The van der Waals surface area contributed by atoms with Gasteiger partial charge in [-0.3, -0.25) is 19.5 Å². The molecule has 0 saturated carbocycles. The molecule has 2 aromatic carbocycles. The standard InChI is InChI=1S/C21H22N4O3S/c1-3-13(2)14-8-10-15(11-9-14)25-19(27)16-6-4-5-7-17(16)23-21(25)29-12-18(26)24-20(22)28/h4-11,13H,3,12H2,1-2H3,(H3,22,24,26,28)/t13-/m1/s1. The third-order valence-electron chi connectivity index (χ3n) is 4.67. The first-order chi connectivity index (χ1) is 13.9. The van der Waals surface area contributed by atoms with E-state index in [2.05, 4.69) is 18.8 Å². The van der Waals surface area contributed by atoms with Gasteiger partial charge < -0.3 is 5.73 Å². The van der Waals surface area contributed by atoms with Crippen LogP contribution in [0.25, 0.3) is 16.6 Å². The minimum absolute atomic E-state index is 0.0985. The highest BCUT2D eigenvalue weighted by Gasteiger charge is 2.15. The topological polar surface area (TPSA) is 107 Å². The van der Waals surface area contributed by atoms with E-state index in [1.807, 2.05) is 29.6 Å². The highest BCUT2D eigenvalue weighted by molar-refractivity contribution is 7.99. The maximum atomic E-state index is 13.2. The van der Waals surface area contributed by atoms with Gasteiger partial charge in [0.2, 0.25) is 5.91 Å². The van der Waals surface area contributed by atoms with Crippen LogP contribution < -0.4 is 16.6 Å². The predicted octanol–water partition coefficient (Wildman–Crippen LogP) is 3.19. The van der Waals surface area contributed by atoms with E-state index in [-0.39, 0.29) is 11.3 Å². The number of carbonyl (C=O) groups excluding carboxylic acids is 2. The summed E-state index contributed by atoms with van der Waals surface area (Å²) >= 11 is 1.07. The molecule has 0 aliphatic carbocycles. The molecule has 3 aromatic rings. The van der Waals surface area contributed by atoms with Gasteiger partial charge >= 0.3 is 6.03 Å². The summed E-state index contributed by atoms with van der Waals surface area (Å²) < 4.78 is 1.49. The molecule has 0 aliphatic heterocycles. The normalized spacial score (nSPS) is 11.9. The summed E-state index contributed by atoms with van der Waals surface area (Å²) in [6.07, 6.45) is 1.02. The highest BCUT2D eigenvalue weighted by Crippen LogP contribution is 2.24. The SMILES string of the molecule is CC[C@@H](C)c1ccc(-n2c(SCC(=O)NC(N)=O)nc3ccccc3c2=O)cc1. The van der Waals surface area contributed by atoms with Gasteiger partial charge in [0.15, 0.2) is 5.16 Å². The van der Waals surface area contributed by atoms with Gasteiger partial charge in [0.25, 0.3) is 5.56 Å². The van der Waals surface area contributed by atoms with Crippen molar-refractivity contribution in [2.24, 2.45) is 5.73 Å². The first kappa shape index (κ1) is 20.6. The number of carbonyl (C=O) groups is 2. The number of para-hydroxylation sites is 1. The van der Waals surface area contributed by atoms with Crippen LogP contribution in [0.1, 0.15) is 31.7 Å². The number of amides is 3. The molecule has 0 saturated heterocycles. The van der Waals surface area contributed by atoms with E-state index in [9.17, 15) is 14.4 Å². The van der Waals surface area contributed by atoms with Crippen molar-refractivity contribution < 1.29 is 9.59 Å². The van der Waals surface area contributed by atoms with Crippen LogP contribution >= 0.6 is 11.8 Å². The van der Waals surface area contributed by atoms with Crippen molar-refractivity contribution in [3.05, 3.63) is 64.4 Å². The second-order valence-corrected chi connectivity index (χ2v) is 7.60. The lowest BCUT2D eigenvalue weighted by Gasteiger charge is -2.15. The number of nitrogens with zero attached hydrogens (tertiary/aromatic N) is 2. The molecule has 150 valence electrons. The van der Waals surface area contributed by atoms with Gasteiger partial charge in [-0.2, -0.15) is 0 Å². The van der Waals surface area contributed by atoms with Crippen molar-refractivity contribution in [2.45, 2.75) is 31.3 Å². The number of hydrogen-bond donors (Lipinski definition) is 2. The first-order valence-corrected chi connectivity index (χ1v) is 10.2. The van der Waals surface area contributed by atoms with Gasteiger partial charge in [-0.05, 0) is 42.2 Å². The van der Waals surface area contributed by atoms with Gasteiger partial charge in [-0.1, -0.05) is 49.9 Å². The number of thioether (sulfide) groups is 1. The van der Waals surface area contributed by atoms with E-state index >= 15 is 0 Å². The Kier molecular flexibility index (Phi) is 6.33. The van der Waals surface area contributed by atoms with E-state index in [1.165, 1.54) is 10.1 Å². The summed E-state index contributed by atoms with van der Waals surface area (Å²) in [5.74, 6) is -0.232. The molecule has 1 heterocycles. The average Bonchev–Trinajstić information content (AvgIpc) is 2.71. The molecule has 0 unspecified atom stereocenters. The van der Waals surface area contributed by atoms with Crippen molar-refractivity contribution in [2.75, 3.05) is 5.75 Å². The van der Waals surface area contributed by atoms with Crippen LogP contribution in [0.4, 0.5) is 4.79 Å². The number of hydrogen-bond acceptors (Lipinski definition) is 5. The molecule has 3 N–H and O–H groups in total. The third kappa shape index (κ3) is 4.65. The van der Waals surface area contributed by atoms with Crippen molar-refractivity contribution in [1.82, 2.24) is 14.9 Å². The molecule has 0 aliphatic rings. The molecule has 7 nitrogen and oxygen atoms in total. The van der Waals surface area contributed by atoms with Crippen LogP contribution in [-0.2, 0) is 4.79 Å². The quantitative estimate of drug-likeness (QED) is 0.479. The number of nitrogens with one attached hydrogen (secondary N) is 1. The van der Waals surface area contributed by atoms with Gasteiger partial charge in [0.05, 0.1) is 22.3 Å². The van der Waals surface area contributed by atoms with Crippen molar-refractivity contribution >= 4 is 34.6 Å². The molecule has 29 heavy (non-hydrogen) atoms. The molecular formula is C21H22N4O3S. The average molecular weight is 410 g/mol. The van der Waals surface area contributed by atoms with Gasteiger partial charge in [0, 0.05) is 0 Å². The number of imide groups is 1. The summed E-state index contributed by atoms with van der Waals surface area (Å²) in [5.41, 5.74) is 7.16. The summed E-state index contributed by atoms with van der Waals surface area (Å²) in [6, 6.07) is 13.9. The molecule has 0 spiro atoms. The summed E-state index contributed by atoms with van der Waals surface area (Å²) in [6.45, 7) is 4.28. The molecule has 0 fully saturated rings. The van der Waals surface area contributed by atoms with Crippen molar-refractivity contribution in [3.8, 4) is 5.69 Å². The van der Waals surface area contributed by atoms with E-state index in [4.69, 9.17) is 5.73 Å². The predicted molar refractivity (Wildman–Crippen MR) is 114 cm³/mol. The summed E-state index contributed by atoms with van der Waals surface area (Å²) in [7, 11) is 0. The highest BCUT2D eigenvalue weighted by atomic mass is 32.2. The summed E-state index contributed by atoms with van der Waals surface area (Å²) in [4.78, 5) is 40.4. The molecule has 8 heteroatoms. The Labute approximate surface area is 172 Å². The van der Waals surface area contributed by atoms with Gasteiger partial charge in [-0.25, -0.2) is 9.78 Å². The summed E-state index contributed by atoms with van der Waals surface area (Å²) in [5, 5.41) is 2.87. The Morgan fingerprint density at radius 1 is 1.17 bits per heavy atom. The van der Waals surface area contributed by atoms with E-state index < -0.39 is 11.9 Å². The van der Waals surface area contributed by atoms with Crippen molar-refractivity contribution in [1.29, 1.82) is 0 Å². The van der Waals surface area contributed by atoms with E-state index in [1.54, 1.807) is 24.3 Å². The second kappa shape index (κ2) is 8.91. The number of benzene rings is 2. The maximum Gasteiger partial charge on any atom is 0.318 e. The van der Waals surface area contributed by atoms with Gasteiger partial charge in [-0.15, -0.1) is 0 Å². The monoisotopic (exact) mass is 410 g/mol. The fourth-order valence-corrected chi connectivity index (χ4v) is 3.74. The van der Waals surface area contributed by atoms with Crippen LogP contribution in [-0.4, -0.2) is 27.2 Å². The Hall–Kier alpha value is -3.13. The smallest absolute Gasteiger partial charge is 0.318 e. The minimum Gasteiger partial charge on any atom is -0.351 e. The third-order valence-corrected chi connectivity index (χ3v) is 5.61. The molecule has 1 aromatic heterocycles. The minimum atomic E-state index is -0.917. The second-order valence-electron chi connectivity index (χ2n) is 6.65. The zero-order valence-electron chi connectivity index (χ0n) is 16.2. The number of nitrogens with two attached hydrogens (primary N) is 1. The van der Waals surface area contributed by atoms with Crippen LogP contribution in [0.2, 0.25) is 0 Å². The Balaban J connectivity index is 2.06. The van der Waals surface area contributed by atoms with Gasteiger partial charge in [0.1, 0.15) is 0 Å². The van der Waals surface area contributed by atoms with Crippen LogP contribution in [0, 0.1) is 0 Å². The number of fused-ring (bicyclic) bond motifs is 1. The Bertz CT molecular complexity index is 1110. The molecule has 3 rings (SSSR count). The number of urea groups is 1. The Morgan fingerprint density at radius 3 is 2.52 bits per heavy atom. The lowest BCUT2D eigenvalue weighted by molar-refractivity contribution is -0.117. The molecule has 3 amide bonds. The fraction of sp³-hybridized carbons (Fsp3) is 0.238. The lowest BCUT2D eigenvalue weighted by atomic mass is 9.98. The molecular weight excluding hydrogens is 388 g/mol. The van der Waals surface area contributed by atoms with Crippen LogP contribution in [0.3, 0.4) is 0 Å². The van der Waals surface area contributed by atoms with E-state index in [0.29, 0.717) is 27.7 Å². The zero-order valence-corrected chi connectivity index (χ0v) is 17.0. The largest absolute Gasteiger partial charge is 0.351 e. The molecule has 0 bridgehead atoms. The van der Waals surface area contributed by atoms with Crippen LogP contribution in [0.5, 0.6) is 0 Å².